The minimum absolute atomic E-state index is 0.288. The number of aromatic hydroxyl groups is 1. The van der Waals surface area contributed by atoms with Gasteiger partial charge in [-0.15, -0.1) is 0 Å². The van der Waals surface area contributed by atoms with Crippen LogP contribution in [0.4, 0.5) is 5.69 Å². The number of rotatable bonds is 2. The summed E-state index contributed by atoms with van der Waals surface area (Å²) >= 11 is 0. The molecule has 1 fully saturated rings. The highest BCUT2D eigenvalue weighted by molar-refractivity contribution is 5.67. The minimum atomic E-state index is 0.288. The van der Waals surface area contributed by atoms with Gasteiger partial charge in [0.25, 0.3) is 0 Å². The number of hydrogen-bond acceptors (Lipinski definition) is 4. The molecular formula is C11H16N2O2. The third-order valence-electron chi connectivity index (χ3n) is 2.63. The smallest absolute Gasteiger partial charge is 0.145 e. The van der Waals surface area contributed by atoms with E-state index in [2.05, 4.69) is 10.2 Å². The van der Waals surface area contributed by atoms with Crippen LogP contribution in [0.15, 0.2) is 18.2 Å². The van der Waals surface area contributed by atoms with E-state index < -0.39 is 0 Å². The van der Waals surface area contributed by atoms with Crippen LogP contribution in [-0.2, 0) is 0 Å². The van der Waals surface area contributed by atoms with Gasteiger partial charge in [-0.25, -0.2) is 0 Å². The fourth-order valence-corrected chi connectivity index (χ4v) is 1.88. The van der Waals surface area contributed by atoms with Gasteiger partial charge < -0.3 is 20.1 Å². The molecule has 0 spiro atoms. The van der Waals surface area contributed by atoms with Gasteiger partial charge in [-0.2, -0.15) is 0 Å². The molecule has 1 saturated heterocycles. The Labute approximate surface area is 89.5 Å². The highest BCUT2D eigenvalue weighted by atomic mass is 16.5. The van der Waals surface area contributed by atoms with Crippen LogP contribution in [0.5, 0.6) is 11.5 Å². The Balaban J connectivity index is 2.31. The number of piperazine rings is 1. The largest absolute Gasteiger partial charge is 0.506 e. The normalized spacial score (nSPS) is 16.5. The van der Waals surface area contributed by atoms with Crippen molar-refractivity contribution in [1.29, 1.82) is 0 Å². The molecule has 15 heavy (non-hydrogen) atoms. The molecule has 0 aromatic heterocycles. The molecule has 0 saturated carbocycles. The Bertz CT molecular complexity index is 335. The van der Waals surface area contributed by atoms with Gasteiger partial charge in [0.1, 0.15) is 17.2 Å². The maximum absolute atomic E-state index is 9.83. The lowest BCUT2D eigenvalue weighted by atomic mass is 10.2. The molecular weight excluding hydrogens is 192 g/mol. The molecule has 2 rings (SSSR count). The lowest BCUT2D eigenvalue weighted by Crippen LogP contribution is -2.43. The summed E-state index contributed by atoms with van der Waals surface area (Å²) in [6, 6.07) is 5.36. The second-order valence-electron chi connectivity index (χ2n) is 3.57. The Morgan fingerprint density at radius 2 is 2.07 bits per heavy atom. The molecule has 1 aliphatic rings. The van der Waals surface area contributed by atoms with E-state index in [4.69, 9.17) is 4.74 Å². The van der Waals surface area contributed by atoms with Gasteiger partial charge in [0, 0.05) is 26.2 Å². The second kappa shape index (κ2) is 4.40. The zero-order valence-electron chi connectivity index (χ0n) is 8.86. The average molecular weight is 208 g/mol. The predicted octanol–water partition coefficient (Wildman–Crippen LogP) is 0.810. The summed E-state index contributed by atoms with van der Waals surface area (Å²) in [4.78, 5) is 2.14. The van der Waals surface area contributed by atoms with Crippen LogP contribution in [-0.4, -0.2) is 38.4 Å². The molecule has 1 aromatic carbocycles. The van der Waals surface area contributed by atoms with E-state index in [0.29, 0.717) is 0 Å². The van der Waals surface area contributed by atoms with Crippen LogP contribution in [0.25, 0.3) is 0 Å². The Morgan fingerprint density at radius 3 is 2.73 bits per heavy atom. The van der Waals surface area contributed by atoms with Crippen molar-refractivity contribution in [3.05, 3.63) is 18.2 Å². The van der Waals surface area contributed by atoms with Gasteiger partial charge in [0.05, 0.1) is 7.11 Å². The van der Waals surface area contributed by atoms with E-state index in [0.717, 1.165) is 37.6 Å². The van der Waals surface area contributed by atoms with Crippen LogP contribution >= 0.6 is 0 Å². The van der Waals surface area contributed by atoms with Crippen molar-refractivity contribution >= 4 is 5.69 Å². The van der Waals surface area contributed by atoms with Crippen LogP contribution in [0, 0.1) is 0 Å². The number of phenols is 1. The van der Waals surface area contributed by atoms with E-state index in [1.165, 1.54) is 0 Å². The quantitative estimate of drug-likeness (QED) is 0.755. The Hall–Kier alpha value is -1.42. The van der Waals surface area contributed by atoms with E-state index in [1.54, 1.807) is 19.2 Å². The van der Waals surface area contributed by atoms with Crippen molar-refractivity contribution in [2.45, 2.75) is 0 Å². The third kappa shape index (κ3) is 1.99. The van der Waals surface area contributed by atoms with Crippen molar-refractivity contribution in [2.75, 3.05) is 38.2 Å². The van der Waals surface area contributed by atoms with Crippen molar-refractivity contribution < 1.29 is 9.84 Å². The fourth-order valence-electron chi connectivity index (χ4n) is 1.88. The summed E-state index contributed by atoms with van der Waals surface area (Å²) in [7, 11) is 1.63. The topological polar surface area (TPSA) is 44.7 Å². The van der Waals surface area contributed by atoms with Crippen molar-refractivity contribution in [1.82, 2.24) is 5.32 Å². The zero-order chi connectivity index (χ0) is 10.7. The lowest BCUT2D eigenvalue weighted by molar-refractivity contribution is 0.405. The van der Waals surface area contributed by atoms with E-state index >= 15 is 0 Å². The first kappa shape index (κ1) is 10.1. The number of ether oxygens (including phenoxy) is 1. The average Bonchev–Trinajstić information content (AvgIpc) is 2.29. The summed E-state index contributed by atoms with van der Waals surface area (Å²) in [6.45, 7) is 3.68. The van der Waals surface area contributed by atoms with E-state index in [-0.39, 0.29) is 5.75 Å². The molecule has 0 aliphatic carbocycles. The monoisotopic (exact) mass is 208 g/mol. The number of benzene rings is 1. The Kier molecular flexibility index (Phi) is 2.97. The maximum atomic E-state index is 9.83. The summed E-state index contributed by atoms with van der Waals surface area (Å²) < 4.78 is 5.26. The SMILES string of the molecule is COc1cccc(O)c1N1CCNCC1. The van der Waals surface area contributed by atoms with Gasteiger partial charge in [-0.3, -0.25) is 0 Å². The molecule has 0 unspecified atom stereocenters. The number of phenolic OH excluding ortho intramolecular Hbond substituents is 1. The minimum Gasteiger partial charge on any atom is -0.506 e. The molecule has 4 nitrogen and oxygen atoms in total. The standard InChI is InChI=1S/C11H16N2O2/c1-15-10-4-2-3-9(14)11(10)13-7-5-12-6-8-13/h2-4,12,14H,5-8H2,1H3. The molecule has 4 heteroatoms. The molecule has 1 aliphatic heterocycles. The summed E-state index contributed by atoms with van der Waals surface area (Å²) in [5.74, 6) is 1.02. The van der Waals surface area contributed by atoms with Gasteiger partial charge in [0.2, 0.25) is 0 Å². The van der Waals surface area contributed by atoms with Crippen LogP contribution in [0.3, 0.4) is 0 Å². The van der Waals surface area contributed by atoms with Gasteiger partial charge in [-0.1, -0.05) is 6.07 Å². The van der Waals surface area contributed by atoms with Crippen LogP contribution < -0.4 is 15.0 Å². The molecule has 2 N–H and O–H groups in total. The summed E-state index contributed by atoms with van der Waals surface area (Å²) in [5.41, 5.74) is 0.807. The molecule has 0 atom stereocenters. The zero-order valence-corrected chi connectivity index (χ0v) is 8.86. The lowest BCUT2D eigenvalue weighted by Gasteiger charge is -2.30. The number of methoxy groups -OCH3 is 1. The first-order chi connectivity index (χ1) is 7.33. The maximum Gasteiger partial charge on any atom is 0.145 e. The number of hydrogen-bond donors (Lipinski definition) is 2. The van der Waals surface area contributed by atoms with Gasteiger partial charge >= 0.3 is 0 Å². The molecule has 1 heterocycles. The third-order valence-corrected chi connectivity index (χ3v) is 2.63. The van der Waals surface area contributed by atoms with Crippen molar-refractivity contribution in [3.8, 4) is 11.5 Å². The molecule has 1 aromatic rings. The number of nitrogens with one attached hydrogen (secondary N) is 1. The second-order valence-corrected chi connectivity index (χ2v) is 3.57. The summed E-state index contributed by atoms with van der Waals surface area (Å²) in [5, 5.41) is 13.1. The number of anilines is 1. The Morgan fingerprint density at radius 1 is 1.33 bits per heavy atom. The fraction of sp³-hybridized carbons (Fsp3) is 0.455. The first-order valence-corrected chi connectivity index (χ1v) is 5.14. The van der Waals surface area contributed by atoms with Crippen molar-refractivity contribution in [2.24, 2.45) is 0 Å². The predicted molar refractivity (Wildman–Crippen MR) is 59.7 cm³/mol. The van der Waals surface area contributed by atoms with Crippen molar-refractivity contribution in [3.63, 3.8) is 0 Å². The van der Waals surface area contributed by atoms with Crippen LogP contribution in [0.2, 0.25) is 0 Å². The molecule has 0 bridgehead atoms. The van der Waals surface area contributed by atoms with Gasteiger partial charge in [0.15, 0.2) is 0 Å². The first-order valence-electron chi connectivity index (χ1n) is 5.14. The summed E-state index contributed by atoms with van der Waals surface area (Å²) in [6.07, 6.45) is 0. The highest BCUT2D eigenvalue weighted by Gasteiger charge is 2.17. The van der Waals surface area contributed by atoms with E-state index in [1.807, 2.05) is 6.07 Å². The highest BCUT2D eigenvalue weighted by Crippen LogP contribution is 2.36. The van der Waals surface area contributed by atoms with E-state index in [9.17, 15) is 5.11 Å². The molecule has 0 amide bonds. The van der Waals surface area contributed by atoms with Crippen LogP contribution in [0.1, 0.15) is 0 Å². The van der Waals surface area contributed by atoms with Gasteiger partial charge in [-0.05, 0) is 12.1 Å². The molecule has 82 valence electrons. The number of para-hydroxylation sites is 1. The molecule has 0 radical (unpaired) electrons. The number of nitrogens with zero attached hydrogens (tertiary/aromatic N) is 1.